The first-order valence-corrected chi connectivity index (χ1v) is 7.98. The molecule has 0 saturated heterocycles. The lowest BCUT2D eigenvalue weighted by Crippen LogP contribution is -2.12. The van der Waals surface area contributed by atoms with Crippen LogP contribution >= 0.6 is 0 Å². The van der Waals surface area contributed by atoms with Crippen LogP contribution in [0.4, 0.5) is 8.78 Å². The molecule has 0 radical (unpaired) electrons. The van der Waals surface area contributed by atoms with Crippen LogP contribution in [0.5, 0.6) is 11.5 Å². The molecule has 0 unspecified atom stereocenters. The Labute approximate surface area is 154 Å². The second-order valence-corrected chi connectivity index (χ2v) is 5.74. The van der Waals surface area contributed by atoms with E-state index in [1.807, 2.05) is 0 Å². The third-order valence-electron chi connectivity index (χ3n) is 3.66. The van der Waals surface area contributed by atoms with Crippen LogP contribution in [0.25, 0.3) is 0 Å². The molecule has 27 heavy (non-hydrogen) atoms. The summed E-state index contributed by atoms with van der Waals surface area (Å²) in [5, 5.41) is 0. The van der Waals surface area contributed by atoms with Gasteiger partial charge in [0.05, 0.1) is 11.1 Å². The van der Waals surface area contributed by atoms with E-state index in [1.54, 1.807) is 13.0 Å². The van der Waals surface area contributed by atoms with E-state index in [-0.39, 0.29) is 22.6 Å². The van der Waals surface area contributed by atoms with Gasteiger partial charge in [-0.2, -0.15) is 0 Å². The molecule has 4 nitrogen and oxygen atoms in total. The molecule has 0 heterocycles. The summed E-state index contributed by atoms with van der Waals surface area (Å²) in [6, 6.07) is 14.4. The lowest BCUT2D eigenvalue weighted by Gasteiger charge is -2.11. The van der Waals surface area contributed by atoms with Gasteiger partial charge in [-0.15, -0.1) is 0 Å². The Kier molecular flexibility index (Phi) is 5.26. The van der Waals surface area contributed by atoms with Gasteiger partial charge in [-0.25, -0.2) is 18.4 Å². The highest BCUT2D eigenvalue weighted by Gasteiger charge is 2.16. The van der Waals surface area contributed by atoms with Gasteiger partial charge in [-0.05, 0) is 73.2 Å². The number of rotatable bonds is 4. The maximum atomic E-state index is 13.0. The summed E-state index contributed by atoms with van der Waals surface area (Å²) in [5.74, 6) is -2.32. The number of aryl methyl sites for hydroxylation is 1. The number of carbonyl (C=O) groups excluding carboxylic acids is 2. The van der Waals surface area contributed by atoms with Crippen molar-refractivity contribution in [2.24, 2.45) is 0 Å². The number of esters is 2. The van der Waals surface area contributed by atoms with Gasteiger partial charge in [0, 0.05) is 0 Å². The minimum Gasteiger partial charge on any atom is -0.419 e. The molecule has 0 fully saturated rings. The fourth-order valence-electron chi connectivity index (χ4n) is 2.27. The molecule has 0 aliphatic rings. The lowest BCUT2D eigenvalue weighted by molar-refractivity contribution is 0.0682. The quantitative estimate of drug-likeness (QED) is 0.494. The van der Waals surface area contributed by atoms with Gasteiger partial charge in [0.15, 0.2) is 11.5 Å². The van der Waals surface area contributed by atoms with Crippen LogP contribution in [0, 0.1) is 18.6 Å². The number of hydrogen-bond acceptors (Lipinski definition) is 4. The standard InChI is InChI=1S/C21H14F2O4/c1-13-2-11-18(26-20(24)14-3-7-16(22)8-4-14)19(12-13)27-21(25)15-5-9-17(23)10-6-15/h2-12H,1H3. The topological polar surface area (TPSA) is 52.6 Å². The normalized spacial score (nSPS) is 10.3. The Morgan fingerprint density at radius 2 is 1.11 bits per heavy atom. The highest BCUT2D eigenvalue weighted by atomic mass is 19.1. The second kappa shape index (κ2) is 7.78. The van der Waals surface area contributed by atoms with E-state index in [1.165, 1.54) is 36.4 Å². The zero-order valence-electron chi connectivity index (χ0n) is 14.2. The molecule has 0 spiro atoms. The molecule has 0 atom stereocenters. The van der Waals surface area contributed by atoms with Crippen LogP contribution in [-0.2, 0) is 0 Å². The third kappa shape index (κ3) is 4.55. The van der Waals surface area contributed by atoms with Crippen LogP contribution in [0.2, 0.25) is 0 Å². The van der Waals surface area contributed by atoms with Crippen molar-refractivity contribution < 1.29 is 27.8 Å². The zero-order valence-corrected chi connectivity index (χ0v) is 14.2. The first kappa shape index (κ1) is 18.3. The lowest BCUT2D eigenvalue weighted by atomic mass is 10.2. The van der Waals surface area contributed by atoms with Crippen molar-refractivity contribution in [1.82, 2.24) is 0 Å². The average molecular weight is 368 g/mol. The summed E-state index contributed by atoms with van der Waals surface area (Å²) in [5.41, 5.74) is 1.07. The predicted octanol–water partition coefficient (Wildman–Crippen LogP) is 4.71. The van der Waals surface area contributed by atoms with Crippen molar-refractivity contribution in [2.75, 3.05) is 0 Å². The van der Waals surface area contributed by atoms with Crippen LogP contribution in [0.15, 0.2) is 66.7 Å². The molecule has 0 aromatic heterocycles. The Morgan fingerprint density at radius 3 is 1.59 bits per heavy atom. The largest absolute Gasteiger partial charge is 0.419 e. The molecule has 136 valence electrons. The van der Waals surface area contributed by atoms with E-state index >= 15 is 0 Å². The smallest absolute Gasteiger partial charge is 0.343 e. The molecule has 0 aliphatic carbocycles. The van der Waals surface area contributed by atoms with Crippen LogP contribution in [0.1, 0.15) is 26.3 Å². The minimum atomic E-state index is -0.724. The summed E-state index contributed by atoms with van der Waals surface area (Å²) in [6.07, 6.45) is 0. The number of ether oxygens (including phenoxy) is 2. The van der Waals surface area contributed by atoms with Crippen molar-refractivity contribution in [3.63, 3.8) is 0 Å². The van der Waals surface area contributed by atoms with Crippen LogP contribution in [0.3, 0.4) is 0 Å². The van der Waals surface area contributed by atoms with Crippen LogP contribution in [-0.4, -0.2) is 11.9 Å². The van der Waals surface area contributed by atoms with E-state index in [9.17, 15) is 18.4 Å². The van der Waals surface area contributed by atoms with E-state index in [0.29, 0.717) is 0 Å². The molecular weight excluding hydrogens is 354 g/mol. The first-order valence-electron chi connectivity index (χ1n) is 7.98. The Hall–Kier alpha value is -3.54. The molecule has 0 saturated carbocycles. The summed E-state index contributed by atoms with van der Waals surface area (Å²) < 4.78 is 36.6. The monoisotopic (exact) mass is 368 g/mol. The number of carbonyl (C=O) groups is 2. The molecule has 0 bridgehead atoms. The summed E-state index contributed by atoms with van der Waals surface area (Å²) in [7, 11) is 0. The molecule has 3 rings (SSSR count). The van der Waals surface area contributed by atoms with E-state index in [0.717, 1.165) is 29.8 Å². The van der Waals surface area contributed by atoms with Gasteiger partial charge in [0.2, 0.25) is 0 Å². The predicted molar refractivity (Wildman–Crippen MR) is 93.9 cm³/mol. The van der Waals surface area contributed by atoms with Gasteiger partial charge in [-0.1, -0.05) is 6.07 Å². The van der Waals surface area contributed by atoms with Crippen molar-refractivity contribution in [2.45, 2.75) is 6.92 Å². The second-order valence-electron chi connectivity index (χ2n) is 5.74. The zero-order chi connectivity index (χ0) is 19.4. The van der Waals surface area contributed by atoms with Gasteiger partial charge < -0.3 is 9.47 Å². The molecular formula is C21H14F2O4. The number of hydrogen-bond donors (Lipinski definition) is 0. The van der Waals surface area contributed by atoms with Crippen molar-refractivity contribution in [3.05, 3.63) is 95.1 Å². The van der Waals surface area contributed by atoms with Crippen LogP contribution < -0.4 is 9.47 Å². The van der Waals surface area contributed by atoms with E-state index < -0.39 is 23.6 Å². The third-order valence-corrected chi connectivity index (χ3v) is 3.66. The number of halogens is 2. The highest BCUT2D eigenvalue weighted by molar-refractivity contribution is 5.93. The van der Waals surface area contributed by atoms with Gasteiger partial charge in [0.25, 0.3) is 0 Å². The number of benzene rings is 3. The van der Waals surface area contributed by atoms with E-state index in [4.69, 9.17) is 9.47 Å². The highest BCUT2D eigenvalue weighted by Crippen LogP contribution is 2.30. The first-order chi connectivity index (χ1) is 12.9. The maximum Gasteiger partial charge on any atom is 0.343 e. The molecule has 3 aromatic carbocycles. The Morgan fingerprint density at radius 1 is 0.667 bits per heavy atom. The van der Waals surface area contributed by atoms with E-state index in [2.05, 4.69) is 0 Å². The summed E-state index contributed by atoms with van der Waals surface area (Å²) >= 11 is 0. The molecule has 0 amide bonds. The SMILES string of the molecule is Cc1ccc(OC(=O)c2ccc(F)cc2)c(OC(=O)c2ccc(F)cc2)c1. The summed E-state index contributed by atoms with van der Waals surface area (Å²) in [4.78, 5) is 24.5. The van der Waals surface area contributed by atoms with Crippen molar-refractivity contribution >= 4 is 11.9 Å². The van der Waals surface area contributed by atoms with Gasteiger partial charge in [-0.3, -0.25) is 0 Å². The molecule has 0 N–H and O–H groups in total. The summed E-state index contributed by atoms with van der Waals surface area (Å²) in [6.45, 7) is 1.78. The van der Waals surface area contributed by atoms with Gasteiger partial charge >= 0.3 is 11.9 Å². The van der Waals surface area contributed by atoms with Crippen molar-refractivity contribution in [1.29, 1.82) is 0 Å². The molecule has 0 aliphatic heterocycles. The fourth-order valence-corrected chi connectivity index (χ4v) is 2.27. The van der Waals surface area contributed by atoms with Crippen molar-refractivity contribution in [3.8, 4) is 11.5 Å². The maximum absolute atomic E-state index is 13.0. The molecule has 6 heteroatoms. The average Bonchev–Trinajstić information content (AvgIpc) is 2.65. The molecule has 3 aromatic rings. The van der Waals surface area contributed by atoms with Gasteiger partial charge in [0.1, 0.15) is 11.6 Å². The Balaban J connectivity index is 1.82. The fraction of sp³-hybridized carbons (Fsp3) is 0.0476. The minimum absolute atomic E-state index is 0.0328. The Bertz CT molecular complexity index is 980.